The lowest BCUT2D eigenvalue weighted by atomic mass is 10.2. The lowest BCUT2D eigenvalue weighted by Crippen LogP contribution is -3.28. The molecule has 4 N–H and O–H groups in total. The highest BCUT2D eigenvalue weighted by Gasteiger charge is 2.24. The highest BCUT2D eigenvalue weighted by atomic mass is 35.5. The first kappa shape index (κ1) is 17.5. The molecule has 6 heteroatoms. The quantitative estimate of drug-likeness (QED) is 0.475. The van der Waals surface area contributed by atoms with Gasteiger partial charge in [-0.05, 0) is 30.7 Å². The topological polar surface area (TPSA) is 58.6 Å². The zero-order valence-electron chi connectivity index (χ0n) is 13.1. The first-order valence-electron chi connectivity index (χ1n) is 7.93. The Balaban J connectivity index is 1.69. The van der Waals surface area contributed by atoms with Crippen LogP contribution >= 0.6 is 11.6 Å². The molecule has 0 unspecified atom stereocenters. The smallest absolute Gasteiger partial charge is 0.137 e. The molecule has 0 amide bonds. The van der Waals surface area contributed by atoms with Crippen LogP contribution in [0, 0.1) is 6.92 Å². The van der Waals surface area contributed by atoms with E-state index in [1.54, 1.807) is 0 Å². The van der Waals surface area contributed by atoms with Crippen LogP contribution in [0.2, 0.25) is 5.02 Å². The minimum atomic E-state index is -0.467. The number of aliphatic hydroxyl groups excluding tert-OH is 2. The van der Waals surface area contributed by atoms with Crippen molar-refractivity contribution in [2.24, 2.45) is 0 Å². The van der Waals surface area contributed by atoms with Crippen LogP contribution in [-0.2, 0) is 0 Å². The molecule has 0 aliphatic carbocycles. The maximum absolute atomic E-state index is 10.1. The van der Waals surface area contributed by atoms with Crippen molar-refractivity contribution < 1.29 is 24.7 Å². The monoisotopic (exact) mass is 330 g/mol. The molecule has 1 aromatic carbocycles. The molecular formula is C16H27ClN2O3+2. The van der Waals surface area contributed by atoms with E-state index >= 15 is 0 Å². The van der Waals surface area contributed by atoms with Crippen molar-refractivity contribution in [1.82, 2.24) is 0 Å². The summed E-state index contributed by atoms with van der Waals surface area (Å²) in [5.41, 5.74) is 0.974. The third-order valence-corrected chi connectivity index (χ3v) is 4.65. The van der Waals surface area contributed by atoms with E-state index in [1.165, 1.54) is 9.80 Å². The molecule has 22 heavy (non-hydrogen) atoms. The Hall–Kier alpha value is -0.850. The van der Waals surface area contributed by atoms with E-state index in [0.717, 1.165) is 49.1 Å². The zero-order chi connectivity index (χ0) is 15.9. The summed E-state index contributed by atoms with van der Waals surface area (Å²) >= 11 is 5.98. The summed E-state index contributed by atoms with van der Waals surface area (Å²) in [5, 5.41) is 19.8. The van der Waals surface area contributed by atoms with Crippen LogP contribution in [-0.4, -0.2) is 68.8 Å². The van der Waals surface area contributed by atoms with Gasteiger partial charge >= 0.3 is 0 Å². The second-order valence-corrected chi connectivity index (χ2v) is 6.46. The molecule has 0 spiro atoms. The molecule has 1 aliphatic rings. The average Bonchev–Trinajstić information content (AvgIpc) is 2.51. The predicted molar refractivity (Wildman–Crippen MR) is 85.9 cm³/mol. The van der Waals surface area contributed by atoms with Gasteiger partial charge in [0, 0.05) is 5.02 Å². The highest BCUT2D eigenvalue weighted by molar-refractivity contribution is 6.31. The Morgan fingerprint density at radius 1 is 1.23 bits per heavy atom. The van der Waals surface area contributed by atoms with Gasteiger partial charge in [0.25, 0.3) is 0 Å². The maximum Gasteiger partial charge on any atom is 0.137 e. The van der Waals surface area contributed by atoms with E-state index in [2.05, 4.69) is 0 Å². The fraction of sp³-hybridized carbons (Fsp3) is 0.625. The minimum Gasteiger partial charge on any atom is -0.491 e. The van der Waals surface area contributed by atoms with Gasteiger partial charge in [0.15, 0.2) is 0 Å². The first-order chi connectivity index (χ1) is 10.6. The Morgan fingerprint density at radius 2 is 1.91 bits per heavy atom. The van der Waals surface area contributed by atoms with Gasteiger partial charge in [-0.1, -0.05) is 11.6 Å². The molecule has 5 nitrogen and oxygen atoms in total. The number of aryl methyl sites for hydroxylation is 1. The molecular weight excluding hydrogens is 304 g/mol. The Morgan fingerprint density at radius 3 is 2.55 bits per heavy atom. The number of aliphatic hydroxyl groups is 2. The summed E-state index contributed by atoms with van der Waals surface area (Å²) in [6, 6.07) is 5.53. The number of hydrogen-bond acceptors (Lipinski definition) is 3. The Labute approximate surface area is 137 Å². The summed E-state index contributed by atoms with van der Waals surface area (Å²) in [4.78, 5) is 2.86. The van der Waals surface area contributed by atoms with E-state index in [1.807, 2.05) is 25.1 Å². The Bertz CT molecular complexity index is 465. The molecule has 1 atom stereocenters. The van der Waals surface area contributed by atoms with Gasteiger partial charge in [-0.15, -0.1) is 0 Å². The predicted octanol–water partition coefficient (Wildman–Crippen LogP) is -1.84. The van der Waals surface area contributed by atoms with Crippen LogP contribution in [0.3, 0.4) is 0 Å². The molecule has 0 bridgehead atoms. The first-order valence-corrected chi connectivity index (χ1v) is 8.31. The van der Waals surface area contributed by atoms with E-state index in [4.69, 9.17) is 21.4 Å². The molecule has 1 aromatic rings. The molecule has 1 heterocycles. The maximum atomic E-state index is 10.1. The van der Waals surface area contributed by atoms with Gasteiger partial charge in [0.1, 0.15) is 57.7 Å². The normalized spacial score (nSPS) is 23.3. The molecule has 0 saturated carbocycles. The minimum absolute atomic E-state index is 0.252. The third-order valence-electron chi connectivity index (χ3n) is 4.23. The number of hydrogen-bond donors (Lipinski definition) is 4. The summed E-state index contributed by atoms with van der Waals surface area (Å²) in [6.07, 6.45) is -0.467. The second kappa shape index (κ2) is 8.70. The molecule has 124 valence electrons. The van der Waals surface area contributed by atoms with Crippen molar-refractivity contribution in [2.75, 3.05) is 52.5 Å². The largest absolute Gasteiger partial charge is 0.491 e. The number of piperazine rings is 1. The standard InChI is InChI=1S/C16H25ClN2O3/c1-13-10-15(2-3-16(13)17)22-12-14(21)11-19-6-4-18(5-7-19)8-9-20/h2-3,10,14,20-21H,4-9,11-12H2,1H3/p+2/t14-/m1/s1. The fourth-order valence-electron chi connectivity index (χ4n) is 2.86. The van der Waals surface area contributed by atoms with Crippen molar-refractivity contribution in [1.29, 1.82) is 0 Å². The van der Waals surface area contributed by atoms with Gasteiger partial charge in [-0.2, -0.15) is 0 Å². The highest BCUT2D eigenvalue weighted by Crippen LogP contribution is 2.20. The second-order valence-electron chi connectivity index (χ2n) is 6.05. The van der Waals surface area contributed by atoms with Crippen LogP contribution in [0.5, 0.6) is 5.75 Å². The van der Waals surface area contributed by atoms with Crippen LogP contribution < -0.4 is 14.5 Å². The van der Waals surface area contributed by atoms with E-state index in [0.29, 0.717) is 13.2 Å². The summed E-state index contributed by atoms with van der Waals surface area (Å²) in [7, 11) is 0. The van der Waals surface area contributed by atoms with Crippen LogP contribution in [0.4, 0.5) is 0 Å². The zero-order valence-corrected chi connectivity index (χ0v) is 13.9. The molecule has 1 aliphatic heterocycles. The van der Waals surface area contributed by atoms with Gasteiger partial charge in [-0.25, -0.2) is 0 Å². The number of quaternary nitrogens is 2. The van der Waals surface area contributed by atoms with Crippen LogP contribution in [0.15, 0.2) is 18.2 Å². The van der Waals surface area contributed by atoms with Crippen molar-refractivity contribution in [3.8, 4) is 5.75 Å². The lowest BCUT2D eigenvalue weighted by Gasteiger charge is -2.30. The number of ether oxygens (including phenoxy) is 1. The average molecular weight is 331 g/mol. The third kappa shape index (κ3) is 5.41. The molecule has 0 aromatic heterocycles. The van der Waals surface area contributed by atoms with Crippen molar-refractivity contribution in [3.63, 3.8) is 0 Å². The number of nitrogens with one attached hydrogen (secondary N) is 2. The van der Waals surface area contributed by atoms with E-state index in [-0.39, 0.29) is 6.61 Å². The molecule has 0 radical (unpaired) electrons. The van der Waals surface area contributed by atoms with Crippen molar-refractivity contribution in [3.05, 3.63) is 28.8 Å². The number of benzene rings is 1. The fourth-order valence-corrected chi connectivity index (χ4v) is 2.98. The summed E-state index contributed by atoms with van der Waals surface area (Å²) in [6.45, 7) is 8.20. The van der Waals surface area contributed by atoms with Gasteiger partial charge in [-0.3, -0.25) is 0 Å². The lowest BCUT2D eigenvalue weighted by molar-refractivity contribution is -1.01. The molecule has 1 fully saturated rings. The molecule has 1 saturated heterocycles. The van der Waals surface area contributed by atoms with Gasteiger partial charge < -0.3 is 24.7 Å². The number of halogens is 1. The van der Waals surface area contributed by atoms with E-state index in [9.17, 15) is 5.11 Å². The number of rotatable bonds is 7. The van der Waals surface area contributed by atoms with Gasteiger partial charge in [0.2, 0.25) is 0 Å². The van der Waals surface area contributed by atoms with Crippen molar-refractivity contribution in [2.45, 2.75) is 13.0 Å². The van der Waals surface area contributed by atoms with Crippen LogP contribution in [0.25, 0.3) is 0 Å². The van der Waals surface area contributed by atoms with Gasteiger partial charge in [0.05, 0.1) is 6.61 Å². The Kier molecular flexibility index (Phi) is 6.92. The van der Waals surface area contributed by atoms with Crippen LogP contribution in [0.1, 0.15) is 5.56 Å². The SMILES string of the molecule is Cc1cc(OC[C@H](O)C[NH+]2CC[NH+](CCO)CC2)ccc1Cl. The molecule has 2 rings (SSSR count). The summed E-state index contributed by atoms with van der Waals surface area (Å²) in [5.74, 6) is 0.744. The van der Waals surface area contributed by atoms with Crippen molar-refractivity contribution >= 4 is 11.6 Å². The van der Waals surface area contributed by atoms with E-state index < -0.39 is 6.10 Å². The summed E-state index contributed by atoms with van der Waals surface area (Å²) < 4.78 is 5.64.